The largest absolute Gasteiger partial charge is 0.506 e. The molecule has 1 saturated heterocycles. The number of carboxylic acid groups (broad SMARTS) is 1. The second kappa shape index (κ2) is 8.19. The molecule has 0 aliphatic carbocycles. The second-order valence-electron chi connectivity index (χ2n) is 7.76. The molecule has 1 amide bonds. The summed E-state index contributed by atoms with van der Waals surface area (Å²) in [6.45, 7) is 2.52. The molecular weight excluding hydrogens is 462 g/mol. The van der Waals surface area contributed by atoms with Crippen molar-refractivity contribution in [1.29, 1.82) is 0 Å². The highest BCUT2D eigenvalue weighted by atomic mass is 32.1. The van der Waals surface area contributed by atoms with Gasteiger partial charge in [0, 0.05) is 30.8 Å². The minimum atomic E-state index is -1.34. The molecule has 34 heavy (non-hydrogen) atoms. The first-order valence-electron chi connectivity index (χ1n) is 10.1. The average molecular weight is 479 g/mol. The van der Waals surface area contributed by atoms with Crippen molar-refractivity contribution in [2.75, 3.05) is 23.3 Å². The van der Waals surface area contributed by atoms with Gasteiger partial charge in [-0.1, -0.05) is 0 Å². The molecule has 172 valence electrons. The van der Waals surface area contributed by atoms with Gasteiger partial charge in [0.15, 0.2) is 5.65 Å². The Bertz CT molecular complexity index is 1480. The number of aromatic hydroxyl groups is 1. The first kappa shape index (κ1) is 21.5. The van der Waals surface area contributed by atoms with Gasteiger partial charge in [-0.25, -0.2) is 19.7 Å². The van der Waals surface area contributed by atoms with E-state index >= 15 is 0 Å². The third kappa shape index (κ3) is 3.71. The highest BCUT2D eigenvalue weighted by Crippen LogP contribution is 2.28. The van der Waals surface area contributed by atoms with Gasteiger partial charge in [-0.15, -0.1) is 0 Å². The zero-order chi connectivity index (χ0) is 24.0. The average Bonchev–Trinajstić information content (AvgIpc) is 3.29. The number of amides is 1. The van der Waals surface area contributed by atoms with Crippen LogP contribution in [0.3, 0.4) is 0 Å². The lowest BCUT2D eigenvalue weighted by atomic mass is 9.98. The fourth-order valence-corrected chi connectivity index (χ4v) is 4.24. The Morgan fingerprint density at radius 1 is 1.24 bits per heavy atom. The summed E-state index contributed by atoms with van der Waals surface area (Å²) < 4.78 is 5.41. The predicted molar refractivity (Wildman–Crippen MR) is 123 cm³/mol. The molecule has 1 aliphatic rings. The molecular formula is C21H17N7O5S. The third-order valence-electron chi connectivity index (χ3n) is 5.50. The number of carbonyl (C=O) groups is 2. The van der Waals surface area contributed by atoms with Crippen molar-refractivity contribution in [2.45, 2.75) is 6.92 Å². The number of nitrogens with zero attached hydrogens (tertiary/aromatic N) is 6. The number of carboxylic acids is 1. The molecule has 0 unspecified atom stereocenters. The minimum absolute atomic E-state index is 0.00745. The monoisotopic (exact) mass is 479 g/mol. The van der Waals surface area contributed by atoms with Gasteiger partial charge in [0.05, 0.1) is 17.5 Å². The number of aryl methyl sites for hydroxylation is 1. The number of anilines is 2. The first-order valence-corrected chi connectivity index (χ1v) is 10.9. The molecule has 5 heterocycles. The highest BCUT2D eigenvalue weighted by molar-refractivity contribution is 7.08. The van der Waals surface area contributed by atoms with Crippen LogP contribution in [0.25, 0.3) is 16.2 Å². The molecule has 3 N–H and O–H groups in total. The van der Waals surface area contributed by atoms with Crippen LogP contribution in [-0.2, 0) is 4.79 Å². The summed E-state index contributed by atoms with van der Waals surface area (Å²) in [4.78, 5) is 51.6. The maximum atomic E-state index is 12.9. The van der Waals surface area contributed by atoms with E-state index in [1.54, 1.807) is 13.0 Å². The number of rotatable bonds is 5. The first-order chi connectivity index (χ1) is 16.3. The molecule has 0 atom stereocenters. The quantitative estimate of drug-likeness (QED) is 0.381. The number of pyridine rings is 3. The van der Waals surface area contributed by atoms with E-state index in [0.29, 0.717) is 35.4 Å². The van der Waals surface area contributed by atoms with Crippen LogP contribution in [0, 0.1) is 12.8 Å². The molecule has 0 spiro atoms. The third-order valence-corrected chi connectivity index (χ3v) is 6.17. The van der Waals surface area contributed by atoms with Crippen molar-refractivity contribution >= 4 is 46.1 Å². The zero-order valence-electron chi connectivity index (χ0n) is 17.7. The molecule has 0 bridgehead atoms. The van der Waals surface area contributed by atoms with Gasteiger partial charge in [0.25, 0.3) is 0 Å². The van der Waals surface area contributed by atoms with Crippen molar-refractivity contribution in [2.24, 2.45) is 5.92 Å². The summed E-state index contributed by atoms with van der Waals surface area (Å²) >= 11 is 1.04. The van der Waals surface area contributed by atoms with Gasteiger partial charge in [-0.2, -0.15) is 4.37 Å². The van der Waals surface area contributed by atoms with Gasteiger partial charge in [0.2, 0.25) is 16.5 Å². The SMILES string of the molecule is Cc1cc(N2CC(C(=O)Nc3ccc(O)cn3)C2)nc2c1c(=O)c(C(=O)O)cn2-c1ncns1. The number of hydrogen-bond acceptors (Lipinski definition) is 10. The molecule has 0 radical (unpaired) electrons. The van der Waals surface area contributed by atoms with Crippen molar-refractivity contribution in [3.63, 3.8) is 0 Å². The van der Waals surface area contributed by atoms with Crippen LogP contribution in [0.1, 0.15) is 15.9 Å². The molecule has 5 rings (SSSR count). The Labute approximate surface area is 195 Å². The van der Waals surface area contributed by atoms with Crippen LogP contribution in [-0.4, -0.2) is 59.1 Å². The summed E-state index contributed by atoms with van der Waals surface area (Å²) in [5.41, 5.74) is -0.179. The highest BCUT2D eigenvalue weighted by Gasteiger charge is 2.34. The Morgan fingerprint density at radius 2 is 2.03 bits per heavy atom. The number of carbonyl (C=O) groups excluding carboxylic acids is 1. The lowest BCUT2D eigenvalue weighted by Gasteiger charge is -2.39. The lowest BCUT2D eigenvalue weighted by molar-refractivity contribution is -0.120. The van der Waals surface area contributed by atoms with E-state index in [1.165, 1.54) is 35.4 Å². The van der Waals surface area contributed by atoms with Crippen LogP contribution in [0.2, 0.25) is 0 Å². The van der Waals surface area contributed by atoms with E-state index < -0.39 is 11.4 Å². The van der Waals surface area contributed by atoms with E-state index in [2.05, 4.69) is 24.6 Å². The number of nitrogens with one attached hydrogen (secondary N) is 1. The van der Waals surface area contributed by atoms with E-state index in [9.17, 15) is 24.6 Å². The molecule has 1 aliphatic heterocycles. The number of hydrogen-bond donors (Lipinski definition) is 3. The number of aromatic nitrogens is 5. The van der Waals surface area contributed by atoms with Crippen molar-refractivity contribution < 1.29 is 19.8 Å². The second-order valence-corrected chi connectivity index (χ2v) is 8.52. The molecule has 0 aromatic carbocycles. The Morgan fingerprint density at radius 3 is 2.68 bits per heavy atom. The Hall–Kier alpha value is -4.39. The van der Waals surface area contributed by atoms with Crippen molar-refractivity contribution in [3.05, 3.63) is 58.3 Å². The smallest absolute Gasteiger partial charge is 0.341 e. The van der Waals surface area contributed by atoms with Gasteiger partial charge in [-0.3, -0.25) is 14.2 Å². The topological polar surface area (TPSA) is 163 Å². The summed E-state index contributed by atoms with van der Waals surface area (Å²) in [7, 11) is 0. The van der Waals surface area contributed by atoms with Crippen LogP contribution >= 0.6 is 11.5 Å². The molecule has 4 aromatic heterocycles. The Kier molecular flexibility index (Phi) is 5.17. The van der Waals surface area contributed by atoms with Crippen molar-refractivity contribution in [3.8, 4) is 10.9 Å². The molecule has 12 nitrogen and oxygen atoms in total. The van der Waals surface area contributed by atoms with Crippen LogP contribution < -0.4 is 15.6 Å². The molecule has 0 saturated carbocycles. The van der Waals surface area contributed by atoms with Gasteiger partial charge in [0.1, 0.15) is 29.3 Å². The normalized spacial score (nSPS) is 13.6. The van der Waals surface area contributed by atoms with Gasteiger partial charge in [-0.05, 0) is 30.7 Å². The van der Waals surface area contributed by atoms with Crippen LogP contribution in [0.5, 0.6) is 5.75 Å². The number of fused-ring (bicyclic) bond motifs is 1. The minimum Gasteiger partial charge on any atom is -0.506 e. The predicted octanol–water partition coefficient (Wildman–Crippen LogP) is 1.42. The summed E-state index contributed by atoms with van der Waals surface area (Å²) in [5.74, 6) is -0.938. The molecule has 4 aromatic rings. The van der Waals surface area contributed by atoms with Crippen LogP contribution in [0.4, 0.5) is 11.6 Å². The summed E-state index contributed by atoms with van der Waals surface area (Å²) in [6.07, 6.45) is 3.79. The van der Waals surface area contributed by atoms with Gasteiger partial charge >= 0.3 is 5.97 Å². The van der Waals surface area contributed by atoms with E-state index in [0.717, 1.165) is 11.5 Å². The zero-order valence-corrected chi connectivity index (χ0v) is 18.5. The molecule has 1 fully saturated rings. The summed E-state index contributed by atoms with van der Waals surface area (Å²) in [5, 5.41) is 22.1. The summed E-state index contributed by atoms with van der Waals surface area (Å²) in [6, 6.07) is 4.65. The van der Waals surface area contributed by atoms with E-state index in [4.69, 9.17) is 0 Å². The van der Waals surface area contributed by atoms with Gasteiger partial charge < -0.3 is 20.4 Å². The fourth-order valence-electron chi connectivity index (χ4n) is 3.73. The van der Waals surface area contributed by atoms with Crippen molar-refractivity contribution in [1.82, 2.24) is 23.9 Å². The Balaban J connectivity index is 1.45. The van der Waals surface area contributed by atoms with Crippen LogP contribution in [0.15, 0.2) is 41.7 Å². The maximum absolute atomic E-state index is 12.9. The standard InChI is InChI=1S/C21H17N7O5S/c1-10-4-15(27-6-11(7-27)19(31)25-14-3-2-12(29)5-22-14)26-18-16(10)17(30)13(20(32)33)8-28(18)21-23-9-24-34-21/h2-5,8-9,11,29H,6-7H2,1H3,(H,32,33)(H,22,25,31). The lowest BCUT2D eigenvalue weighted by Crippen LogP contribution is -2.52. The maximum Gasteiger partial charge on any atom is 0.341 e. The van der Waals surface area contributed by atoms with E-state index in [-0.39, 0.29) is 34.2 Å². The molecule has 13 heteroatoms. The number of aromatic carboxylic acids is 1. The fraction of sp³-hybridized carbons (Fsp3) is 0.190. The van der Waals surface area contributed by atoms with E-state index in [1.807, 2.05) is 4.90 Å².